The van der Waals surface area contributed by atoms with Gasteiger partial charge in [-0.15, -0.1) is 0 Å². The lowest BCUT2D eigenvalue weighted by Crippen LogP contribution is -2.51. The van der Waals surface area contributed by atoms with Gasteiger partial charge < -0.3 is 24.3 Å². The van der Waals surface area contributed by atoms with E-state index in [0.717, 1.165) is 18.4 Å². The number of nitrogens with zero attached hydrogens (tertiary/aromatic N) is 4. The molecule has 1 atom stereocenters. The third kappa shape index (κ3) is 21.0. The van der Waals surface area contributed by atoms with Crippen molar-refractivity contribution in [2.75, 3.05) is 72.0 Å². The Hall–Kier alpha value is -3.26. The molecule has 2 rings (SSSR count). The molecule has 0 bridgehead atoms. The molecule has 0 aromatic heterocycles. The van der Waals surface area contributed by atoms with E-state index in [2.05, 4.69) is 15.1 Å². The molecule has 1 amide bonds. The van der Waals surface area contributed by atoms with Crippen molar-refractivity contribution in [1.82, 2.24) is 24.9 Å². The van der Waals surface area contributed by atoms with Gasteiger partial charge in [-0.3, -0.25) is 34.0 Å². The lowest BCUT2D eigenvalue weighted by Gasteiger charge is -2.34. The summed E-state index contributed by atoms with van der Waals surface area (Å²) in [5.41, 5.74) is -0.975. The summed E-state index contributed by atoms with van der Waals surface area (Å²) in [6, 6.07) is 9.51. The van der Waals surface area contributed by atoms with E-state index in [1.165, 1.54) is 0 Å². The van der Waals surface area contributed by atoms with Gasteiger partial charge in [-0.2, -0.15) is 0 Å². The van der Waals surface area contributed by atoms with Crippen LogP contribution in [0.2, 0.25) is 0 Å². The van der Waals surface area contributed by atoms with Gasteiger partial charge in [0.2, 0.25) is 0 Å². The number of amides is 1. The van der Waals surface area contributed by atoms with Gasteiger partial charge in [0, 0.05) is 45.8 Å². The van der Waals surface area contributed by atoms with E-state index < -0.39 is 22.9 Å². The van der Waals surface area contributed by atoms with Crippen molar-refractivity contribution < 1.29 is 38.1 Å². The Balaban J connectivity index is 2.28. The van der Waals surface area contributed by atoms with Gasteiger partial charge in [0.15, 0.2) is 0 Å². The van der Waals surface area contributed by atoms with E-state index in [-0.39, 0.29) is 50.3 Å². The highest BCUT2D eigenvalue weighted by atomic mass is 16.6. The number of carbonyl (C=O) groups excluding carboxylic acids is 4. The minimum atomic E-state index is -0.634. The predicted molar refractivity (Wildman–Crippen MR) is 197 cm³/mol. The largest absolute Gasteiger partial charge is 0.459 e. The summed E-state index contributed by atoms with van der Waals surface area (Å²) in [4.78, 5) is 59.9. The molecular weight excluding hydrogens is 654 g/mol. The zero-order valence-electron chi connectivity index (χ0n) is 32.9. The molecule has 1 aliphatic heterocycles. The second kappa shape index (κ2) is 20.7. The zero-order chi connectivity index (χ0) is 38.2. The summed E-state index contributed by atoms with van der Waals surface area (Å²) in [5, 5.41) is 2.97. The number of ether oxygens (including phenoxy) is 4. The molecule has 1 aliphatic rings. The van der Waals surface area contributed by atoms with Crippen molar-refractivity contribution in [3.63, 3.8) is 0 Å². The topological polar surface area (TPSA) is 130 Å². The van der Waals surface area contributed by atoms with Crippen LogP contribution in [0.15, 0.2) is 30.3 Å². The fourth-order valence-electron chi connectivity index (χ4n) is 5.49. The maximum absolute atomic E-state index is 13.0. The van der Waals surface area contributed by atoms with Crippen LogP contribution in [-0.4, -0.2) is 139 Å². The first kappa shape index (κ1) is 43.9. The van der Waals surface area contributed by atoms with Crippen molar-refractivity contribution in [3.8, 4) is 0 Å². The number of hydrogen-bond acceptors (Lipinski definition) is 12. The smallest absolute Gasteiger partial charge is 0.408 e. The molecule has 1 aromatic rings. The Labute approximate surface area is 306 Å². The summed E-state index contributed by atoms with van der Waals surface area (Å²) >= 11 is 0. The van der Waals surface area contributed by atoms with E-state index >= 15 is 0 Å². The molecule has 1 unspecified atom stereocenters. The van der Waals surface area contributed by atoms with Crippen LogP contribution in [0.4, 0.5) is 4.79 Å². The van der Waals surface area contributed by atoms with Crippen LogP contribution in [0.1, 0.15) is 87.6 Å². The summed E-state index contributed by atoms with van der Waals surface area (Å²) in [6.07, 6.45) is 0.714. The highest BCUT2D eigenvalue weighted by Crippen LogP contribution is 2.12. The van der Waals surface area contributed by atoms with E-state index in [1.807, 2.05) is 109 Å². The van der Waals surface area contributed by atoms with Crippen molar-refractivity contribution in [3.05, 3.63) is 35.9 Å². The van der Waals surface area contributed by atoms with Gasteiger partial charge >= 0.3 is 24.0 Å². The molecule has 0 aliphatic carbocycles. The lowest BCUT2D eigenvalue weighted by atomic mass is 10.2. The van der Waals surface area contributed by atoms with Crippen molar-refractivity contribution >= 4 is 24.0 Å². The first-order chi connectivity index (χ1) is 23.7. The van der Waals surface area contributed by atoms with Crippen LogP contribution >= 0.6 is 0 Å². The van der Waals surface area contributed by atoms with Gasteiger partial charge in [-0.05, 0) is 94.2 Å². The Morgan fingerprint density at radius 1 is 0.608 bits per heavy atom. The SMILES string of the molecule is CC(NC(=O)OCc1ccccc1)N1CCCCN(CC(=O)OC(C)(C)C)CCN(CC(=O)OC(C)(C)C)CCN(CC(=O)OC(C)(C)C)CC1. The number of esters is 3. The number of alkyl carbamates (subject to hydrolysis) is 1. The lowest BCUT2D eigenvalue weighted by molar-refractivity contribution is -0.158. The van der Waals surface area contributed by atoms with Gasteiger partial charge in [0.05, 0.1) is 25.8 Å². The Morgan fingerprint density at radius 3 is 1.43 bits per heavy atom. The minimum absolute atomic E-state index is 0.0655. The molecule has 1 saturated heterocycles. The Kier molecular flexibility index (Phi) is 17.8. The summed E-state index contributed by atoms with van der Waals surface area (Å²) in [7, 11) is 0. The second-order valence-electron chi connectivity index (χ2n) is 16.2. The molecule has 51 heavy (non-hydrogen) atoms. The molecule has 1 fully saturated rings. The molecule has 13 nitrogen and oxygen atoms in total. The molecule has 290 valence electrons. The predicted octanol–water partition coefficient (Wildman–Crippen LogP) is 4.29. The molecule has 0 radical (unpaired) electrons. The van der Waals surface area contributed by atoms with Crippen molar-refractivity contribution in [1.29, 1.82) is 0 Å². The monoisotopic (exact) mass is 719 g/mol. The van der Waals surface area contributed by atoms with E-state index in [1.54, 1.807) is 0 Å². The summed E-state index contributed by atoms with van der Waals surface area (Å²) < 4.78 is 22.4. The van der Waals surface area contributed by atoms with E-state index in [9.17, 15) is 19.2 Å². The third-order valence-corrected chi connectivity index (χ3v) is 7.74. The highest BCUT2D eigenvalue weighted by Gasteiger charge is 2.26. The van der Waals surface area contributed by atoms with Crippen LogP contribution in [0.25, 0.3) is 0 Å². The van der Waals surface area contributed by atoms with Gasteiger partial charge in [0.25, 0.3) is 0 Å². The summed E-state index contributed by atoms with van der Waals surface area (Å²) in [5.74, 6) is -0.987. The highest BCUT2D eigenvalue weighted by molar-refractivity contribution is 5.73. The number of benzene rings is 1. The van der Waals surface area contributed by atoms with Gasteiger partial charge in [-0.1, -0.05) is 30.3 Å². The molecule has 0 spiro atoms. The molecule has 1 N–H and O–H groups in total. The third-order valence-electron chi connectivity index (χ3n) is 7.74. The Bertz CT molecular complexity index is 1230. The number of carbonyl (C=O) groups is 4. The average Bonchev–Trinajstić information content (AvgIpc) is 2.97. The van der Waals surface area contributed by atoms with Crippen LogP contribution in [0.5, 0.6) is 0 Å². The minimum Gasteiger partial charge on any atom is -0.459 e. The van der Waals surface area contributed by atoms with Crippen LogP contribution in [0, 0.1) is 0 Å². The zero-order valence-corrected chi connectivity index (χ0v) is 32.9. The summed E-state index contributed by atoms with van der Waals surface area (Å²) in [6.45, 7) is 23.3. The average molecular weight is 720 g/mol. The van der Waals surface area contributed by atoms with Crippen LogP contribution < -0.4 is 5.32 Å². The van der Waals surface area contributed by atoms with E-state index in [4.69, 9.17) is 18.9 Å². The normalized spacial score (nSPS) is 17.8. The van der Waals surface area contributed by atoms with Crippen LogP contribution in [-0.2, 0) is 39.9 Å². The molecule has 1 heterocycles. The Morgan fingerprint density at radius 2 is 1.00 bits per heavy atom. The molecule has 13 heteroatoms. The van der Waals surface area contributed by atoms with Gasteiger partial charge in [-0.25, -0.2) is 4.79 Å². The van der Waals surface area contributed by atoms with E-state index in [0.29, 0.717) is 52.4 Å². The number of hydrogen-bond donors (Lipinski definition) is 1. The fourth-order valence-corrected chi connectivity index (χ4v) is 5.49. The first-order valence-corrected chi connectivity index (χ1v) is 18.2. The fraction of sp³-hybridized carbons (Fsp3) is 0.737. The standard InChI is InChI=1S/C38H65N5O8/c1-30(39-35(47)48-29-31-16-12-11-13-17-31)43-19-15-14-18-40(26-32(44)49-36(2,3)4)20-21-41(27-33(45)50-37(5,6)7)22-23-42(24-25-43)28-34(46)51-38(8,9)10/h11-13,16-17,30H,14-15,18-29H2,1-10H3,(H,39,47). The first-order valence-electron chi connectivity index (χ1n) is 18.2. The van der Waals surface area contributed by atoms with Crippen LogP contribution in [0.3, 0.4) is 0 Å². The quantitative estimate of drug-likeness (QED) is 0.274. The molecule has 0 saturated carbocycles. The molecule has 1 aromatic carbocycles. The van der Waals surface area contributed by atoms with Crippen molar-refractivity contribution in [2.45, 2.75) is 112 Å². The maximum Gasteiger partial charge on any atom is 0.408 e. The van der Waals surface area contributed by atoms with Crippen molar-refractivity contribution in [2.24, 2.45) is 0 Å². The number of rotatable bonds is 10. The van der Waals surface area contributed by atoms with Gasteiger partial charge in [0.1, 0.15) is 23.4 Å². The maximum atomic E-state index is 13.0. The number of nitrogens with one attached hydrogen (secondary N) is 1. The second-order valence-corrected chi connectivity index (χ2v) is 16.2. The molecular formula is C38H65N5O8.